The highest BCUT2D eigenvalue weighted by Gasteiger charge is 2.15. The lowest BCUT2D eigenvalue weighted by Gasteiger charge is -2.14. The molecule has 35 heavy (non-hydrogen) atoms. The number of ether oxygens (including phenoxy) is 1. The lowest BCUT2D eigenvalue weighted by atomic mass is 10.1. The number of aryl methyl sites for hydroxylation is 1. The maximum Gasteiger partial charge on any atom is 0.353 e. The average Bonchev–Trinajstić information content (AvgIpc) is 2.82. The molecular formula is C23H25ClN6O5. The first kappa shape index (κ1) is 25.6. The SMILES string of the molecule is Cc1ccc(Cn2c(=Nc3ccc(OC(C)C)c(Cl)c3)n(N)c(=O)n(CCC(=O)N=O)c2=O)cc1. The molecule has 0 aliphatic carbocycles. The molecule has 0 spiro atoms. The van der Waals surface area contributed by atoms with Gasteiger partial charge in [-0.15, -0.1) is 4.91 Å². The second-order valence-electron chi connectivity index (χ2n) is 8.09. The van der Waals surface area contributed by atoms with Gasteiger partial charge in [0, 0.05) is 11.7 Å². The van der Waals surface area contributed by atoms with Crippen LogP contribution < -0.4 is 27.6 Å². The van der Waals surface area contributed by atoms with Crippen molar-refractivity contribution in [3.8, 4) is 5.75 Å². The lowest BCUT2D eigenvalue weighted by molar-refractivity contribution is -0.118. The van der Waals surface area contributed by atoms with Crippen LogP contribution in [-0.4, -0.2) is 25.8 Å². The molecule has 3 rings (SSSR count). The minimum atomic E-state index is -0.989. The van der Waals surface area contributed by atoms with Crippen LogP contribution in [0.2, 0.25) is 5.02 Å². The molecule has 0 atom stereocenters. The van der Waals surface area contributed by atoms with E-state index < -0.39 is 23.7 Å². The van der Waals surface area contributed by atoms with Gasteiger partial charge in [-0.1, -0.05) is 41.4 Å². The fraction of sp³-hybridized carbons (Fsp3) is 0.304. The third kappa shape index (κ3) is 6.12. The van der Waals surface area contributed by atoms with E-state index in [1.807, 2.05) is 45.0 Å². The van der Waals surface area contributed by atoms with E-state index in [2.05, 4.69) is 10.2 Å². The first-order valence-corrected chi connectivity index (χ1v) is 11.1. The van der Waals surface area contributed by atoms with Crippen molar-refractivity contribution < 1.29 is 9.53 Å². The molecule has 11 nitrogen and oxygen atoms in total. The maximum absolute atomic E-state index is 13.3. The Morgan fingerprint density at radius 1 is 1.09 bits per heavy atom. The van der Waals surface area contributed by atoms with Crippen LogP contribution in [0.25, 0.3) is 0 Å². The summed E-state index contributed by atoms with van der Waals surface area (Å²) >= 11 is 6.31. The number of hydrogen-bond donors (Lipinski definition) is 1. The summed E-state index contributed by atoms with van der Waals surface area (Å²) in [5, 5.41) is 2.59. The van der Waals surface area contributed by atoms with Crippen LogP contribution in [0.4, 0.5) is 5.69 Å². The molecule has 1 amide bonds. The number of benzene rings is 2. The van der Waals surface area contributed by atoms with Gasteiger partial charge in [0.15, 0.2) is 0 Å². The molecule has 0 bridgehead atoms. The summed E-state index contributed by atoms with van der Waals surface area (Å²) in [5.41, 5.74) is 0.330. The van der Waals surface area contributed by atoms with E-state index in [1.54, 1.807) is 12.1 Å². The highest BCUT2D eigenvalue weighted by atomic mass is 35.5. The number of nitrogens with zero attached hydrogens (tertiary/aromatic N) is 5. The Bertz CT molecular complexity index is 1440. The summed E-state index contributed by atoms with van der Waals surface area (Å²) in [7, 11) is 0. The number of aromatic nitrogens is 3. The number of hydrogen-bond acceptors (Lipinski definition) is 7. The van der Waals surface area contributed by atoms with Gasteiger partial charge in [-0.25, -0.2) is 19.1 Å². The van der Waals surface area contributed by atoms with Crippen LogP contribution in [-0.2, 0) is 17.9 Å². The monoisotopic (exact) mass is 500 g/mol. The fourth-order valence-corrected chi connectivity index (χ4v) is 3.48. The second kappa shape index (κ2) is 11.0. The van der Waals surface area contributed by atoms with E-state index in [0.29, 0.717) is 21.1 Å². The summed E-state index contributed by atoms with van der Waals surface area (Å²) < 4.78 is 8.31. The zero-order chi connectivity index (χ0) is 25.7. The first-order valence-electron chi connectivity index (χ1n) is 10.7. The van der Waals surface area contributed by atoms with Gasteiger partial charge >= 0.3 is 11.4 Å². The number of halogens is 1. The largest absolute Gasteiger partial charge is 0.489 e. The Balaban J connectivity index is 2.20. The van der Waals surface area contributed by atoms with Gasteiger partial charge in [0.1, 0.15) is 5.75 Å². The van der Waals surface area contributed by atoms with Crippen molar-refractivity contribution in [2.24, 2.45) is 10.2 Å². The minimum Gasteiger partial charge on any atom is -0.489 e. The summed E-state index contributed by atoms with van der Waals surface area (Å²) in [4.78, 5) is 52.4. The molecule has 0 aliphatic rings. The van der Waals surface area contributed by atoms with Gasteiger partial charge in [-0.3, -0.25) is 9.36 Å². The number of nitrogen functional groups attached to an aromatic ring is 1. The normalized spacial score (nSPS) is 11.6. The Labute approximate surface area is 205 Å². The van der Waals surface area contributed by atoms with Gasteiger partial charge in [0.2, 0.25) is 5.62 Å². The molecule has 0 fully saturated rings. The molecular weight excluding hydrogens is 476 g/mol. The average molecular weight is 501 g/mol. The van der Waals surface area contributed by atoms with E-state index in [-0.39, 0.29) is 24.8 Å². The van der Waals surface area contributed by atoms with Crippen LogP contribution >= 0.6 is 11.6 Å². The van der Waals surface area contributed by atoms with E-state index in [4.69, 9.17) is 22.2 Å². The molecule has 0 unspecified atom stereocenters. The zero-order valence-corrected chi connectivity index (χ0v) is 20.2. The smallest absolute Gasteiger partial charge is 0.353 e. The van der Waals surface area contributed by atoms with Gasteiger partial charge < -0.3 is 10.6 Å². The molecule has 0 radical (unpaired) electrons. The Kier molecular flexibility index (Phi) is 8.02. The fourth-order valence-electron chi connectivity index (χ4n) is 3.26. The van der Waals surface area contributed by atoms with Crippen LogP contribution in [0, 0.1) is 11.8 Å². The molecule has 0 saturated carbocycles. The maximum atomic E-state index is 13.3. The number of carbonyl (C=O) groups is 1. The quantitative estimate of drug-likeness (QED) is 0.371. The molecule has 1 aromatic heterocycles. The topological polar surface area (TPSA) is 143 Å². The van der Waals surface area contributed by atoms with E-state index in [0.717, 1.165) is 15.7 Å². The van der Waals surface area contributed by atoms with E-state index >= 15 is 0 Å². The Morgan fingerprint density at radius 3 is 2.37 bits per heavy atom. The van der Waals surface area contributed by atoms with Crippen LogP contribution in [0.5, 0.6) is 5.75 Å². The second-order valence-corrected chi connectivity index (χ2v) is 8.49. The molecule has 2 aromatic carbocycles. The molecule has 184 valence electrons. The van der Waals surface area contributed by atoms with Gasteiger partial charge in [0.25, 0.3) is 5.91 Å². The minimum absolute atomic E-state index is 0.0393. The Morgan fingerprint density at radius 2 is 1.77 bits per heavy atom. The highest BCUT2D eigenvalue weighted by Crippen LogP contribution is 2.29. The van der Waals surface area contributed by atoms with Crippen molar-refractivity contribution in [3.63, 3.8) is 0 Å². The molecule has 0 saturated heterocycles. The lowest BCUT2D eigenvalue weighted by Crippen LogP contribution is -2.57. The van der Waals surface area contributed by atoms with Crippen molar-refractivity contribution in [1.29, 1.82) is 0 Å². The van der Waals surface area contributed by atoms with Crippen LogP contribution in [0.15, 0.2) is 62.2 Å². The molecule has 0 aliphatic heterocycles. The highest BCUT2D eigenvalue weighted by molar-refractivity contribution is 6.32. The van der Waals surface area contributed by atoms with Crippen LogP contribution in [0.3, 0.4) is 0 Å². The van der Waals surface area contributed by atoms with Gasteiger partial charge in [-0.05, 0) is 44.5 Å². The van der Waals surface area contributed by atoms with Gasteiger partial charge in [-0.2, -0.15) is 4.68 Å². The first-order chi connectivity index (χ1) is 16.6. The summed E-state index contributed by atoms with van der Waals surface area (Å²) in [6.45, 7) is 5.34. The Hall–Kier alpha value is -3.99. The van der Waals surface area contributed by atoms with Crippen LogP contribution in [0.1, 0.15) is 31.4 Å². The van der Waals surface area contributed by atoms with Crippen molar-refractivity contribution in [2.75, 3.05) is 5.84 Å². The van der Waals surface area contributed by atoms with Crippen molar-refractivity contribution in [2.45, 2.75) is 46.4 Å². The zero-order valence-electron chi connectivity index (χ0n) is 19.5. The van der Waals surface area contributed by atoms with Crippen molar-refractivity contribution in [3.05, 3.63) is 90.1 Å². The van der Waals surface area contributed by atoms with Gasteiger partial charge in [0.05, 0.1) is 29.8 Å². The number of carbonyl (C=O) groups excluding carboxylic acids is 1. The summed E-state index contributed by atoms with van der Waals surface area (Å²) in [5.74, 6) is 5.53. The molecule has 3 aromatic rings. The molecule has 12 heteroatoms. The van der Waals surface area contributed by atoms with E-state index in [1.165, 1.54) is 10.6 Å². The number of nitrogens with two attached hydrogens (primary N) is 1. The predicted octanol–water partition coefficient (Wildman–Crippen LogP) is 2.24. The number of nitroso groups, excluding NO2 is 1. The third-order valence-corrected chi connectivity index (χ3v) is 5.27. The summed E-state index contributed by atoms with van der Waals surface area (Å²) in [6.07, 6.45) is -0.512. The number of rotatable bonds is 8. The van der Waals surface area contributed by atoms with Crippen molar-refractivity contribution >= 4 is 23.2 Å². The van der Waals surface area contributed by atoms with Crippen molar-refractivity contribution in [1.82, 2.24) is 13.8 Å². The number of amides is 1. The molecule has 1 heterocycles. The van der Waals surface area contributed by atoms with E-state index in [9.17, 15) is 19.3 Å². The molecule has 2 N–H and O–H groups in total. The predicted molar refractivity (Wildman–Crippen MR) is 131 cm³/mol. The summed E-state index contributed by atoms with van der Waals surface area (Å²) in [6, 6.07) is 12.2. The third-order valence-electron chi connectivity index (χ3n) is 4.98. The standard InChI is InChI=1S/C23H25ClN6O5/c1-14(2)35-19-9-8-17(12-18(19)24)26-21-29(13-16-6-4-15(3)5-7-16)22(32)28(23(33)30(21)25)11-10-20(31)27-34/h4-9,12,14H,10-11,13,25H2,1-3H3.